The Bertz CT molecular complexity index is 166. The highest BCUT2D eigenvalue weighted by Crippen LogP contribution is 2.30. The van der Waals surface area contributed by atoms with E-state index in [0.29, 0.717) is 0 Å². The zero-order valence-corrected chi connectivity index (χ0v) is 10.1. The third-order valence-electron chi connectivity index (χ3n) is 3.61. The monoisotopic (exact) mass is 213 g/mol. The number of rotatable bonds is 4. The number of hydrogen-bond acceptors (Lipinski definition) is 2. The molecule has 2 unspecified atom stereocenters. The molecule has 14 heavy (non-hydrogen) atoms. The van der Waals surface area contributed by atoms with Crippen molar-refractivity contribution in [1.29, 1.82) is 0 Å². The molecule has 0 bridgehead atoms. The van der Waals surface area contributed by atoms with Crippen LogP contribution in [0.2, 0.25) is 0 Å². The first-order valence-electron chi connectivity index (χ1n) is 6.26. The van der Waals surface area contributed by atoms with Crippen LogP contribution in [0.1, 0.15) is 51.9 Å². The molecule has 2 atom stereocenters. The van der Waals surface area contributed by atoms with Gasteiger partial charge in [0.15, 0.2) is 0 Å². The fourth-order valence-corrected chi connectivity index (χ4v) is 3.76. The van der Waals surface area contributed by atoms with Gasteiger partial charge in [0, 0.05) is 17.3 Å². The van der Waals surface area contributed by atoms with Gasteiger partial charge in [0.05, 0.1) is 0 Å². The summed E-state index contributed by atoms with van der Waals surface area (Å²) < 4.78 is 0. The van der Waals surface area contributed by atoms with Gasteiger partial charge in [-0.25, -0.2) is 0 Å². The van der Waals surface area contributed by atoms with E-state index in [4.69, 9.17) is 0 Å². The average molecular weight is 213 g/mol. The van der Waals surface area contributed by atoms with E-state index in [-0.39, 0.29) is 0 Å². The lowest BCUT2D eigenvalue weighted by Crippen LogP contribution is -2.44. The standard InChI is InChI=1S/C12H23NS/c1-2-14-12-8-4-7-11(9-12)13-10-5-3-6-10/h10-13H,2-9H2,1H3. The maximum Gasteiger partial charge on any atom is 0.00801 e. The van der Waals surface area contributed by atoms with E-state index in [9.17, 15) is 0 Å². The molecule has 0 aromatic carbocycles. The molecule has 2 aliphatic carbocycles. The van der Waals surface area contributed by atoms with Gasteiger partial charge in [-0.3, -0.25) is 0 Å². The van der Waals surface area contributed by atoms with E-state index >= 15 is 0 Å². The molecule has 0 radical (unpaired) electrons. The van der Waals surface area contributed by atoms with Crippen LogP contribution in [0.5, 0.6) is 0 Å². The smallest absolute Gasteiger partial charge is 0.00801 e. The van der Waals surface area contributed by atoms with Crippen LogP contribution in [0.3, 0.4) is 0 Å². The fraction of sp³-hybridized carbons (Fsp3) is 1.00. The summed E-state index contributed by atoms with van der Waals surface area (Å²) in [6.07, 6.45) is 10.1. The average Bonchev–Trinajstić information content (AvgIpc) is 2.13. The predicted molar refractivity (Wildman–Crippen MR) is 65.0 cm³/mol. The molecule has 0 heterocycles. The van der Waals surface area contributed by atoms with E-state index in [1.54, 1.807) is 0 Å². The van der Waals surface area contributed by atoms with Crippen molar-refractivity contribution in [1.82, 2.24) is 5.32 Å². The molecule has 2 saturated carbocycles. The lowest BCUT2D eigenvalue weighted by atomic mass is 9.89. The number of nitrogens with one attached hydrogen (secondary N) is 1. The van der Waals surface area contributed by atoms with Crippen LogP contribution in [0.25, 0.3) is 0 Å². The van der Waals surface area contributed by atoms with Crippen LogP contribution >= 0.6 is 11.8 Å². The van der Waals surface area contributed by atoms with Gasteiger partial charge in [0.25, 0.3) is 0 Å². The van der Waals surface area contributed by atoms with Crippen molar-refractivity contribution in [2.24, 2.45) is 0 Å². The molecule has 2 aliphatic rings. The maximum absolute atomic E-state index is 3.83. The predicted octanol–water partition coefficient (Wildman–Crippen LogP) is 3.19. The van der Waals surface area contributed by atoms with Crippen molar-refractivity contribution in [2.45, 2.75) is 69.2 Å². The molecule has 2 fully saturated rings. The minimum absolute atomic E-state index is 0.845. The van der Waals surface area contributed by atoms with Gasteiger partial charge in [0.1, 0.15) is 0 Å². The second kappa shape index (κ2) is 5.41. The quantitative estimate of drug-likeness (QED) is 0.769. The van der Waals surface area contributed by atoms with Crippen molar-refractivity contribution in [2.75, 3.05) is 5.75 Å². The second-order valence-electron chi connectivity index (χ2n) is 4.74. The van der Waals surface area contributed by atoms with Gasteiger partial charge in [-0.1, -0.05) is 19.8 Å². The highest BCUT2D eigenvalue weighted by atomic mass is 32.2. The summed E-state index contributed by atoms with van der Waals surface area (Å²) in [5.41, 5.74) is 0. The van der Waals surface area contributed by atoms with Crippen molar-refractivity contribution < 1.29 is 0 Å². The first kappa shape index (κ1) is 10.8. The maximum atomic E-state index is 3.83. The van der Waals surface area contributed by atoms with E-state index in [1.807, 2.05) is 0 Å². The Balaban J connectivity index is 1.69. The normalized spacial score (nSPS) is 34.1. The summed E-state index contributed by atoms with van der Waals surface area (Å²) >= 11 is 2.17. The van der Waals surface area contributed by atoms with Crippen LogP contribution in [-0.4, -0.2) is 23.1 Å². The van der Waals surface area contributed by atoms with E-state index in [2.05, 4.69) is 24.0 Å². The fourth-order valence-electron chi connectivity index (χ4n) is 2.59. The van der Waals surface area contributed by atoms with Crippen LogP contribution in [0, 0.1) is 0 Å². The van der Waals surface area contributed by atoms with Crippen LogP contribution in [0.15, 0.2) is 0 Å². The van der Waals surface area contributed by atoms with Crippen LogP contribution in [0.4, 0.5) is 0 Å². The molecule has 0 aromatic heterocycles. The molecule has 82 valence electrons. The molecule has 1 nitrogen and oxygen atoms in total. The summed E-state index contributed by atoms with van der Waals surface area (Å²) in [4.78, 5) is 0. The van der Waals surface area contributed by atoms with E-state index < -0.39 is 0 Å². The third-order valence-corrected chi connectivity index (χ3v) is 4.84. The zero-order chi connectivity index (χ0) is 9.80. The van der Waals surface area contributed by atoms with Crippen molar-refractivity contribution in [3.8, 4) is 0 Å². The zero-order valence-electron chi connectivity index (χ0n) is 9.30. The largest absolute Gasteiger partial charge is 0.311 e. The van der Waals surface area contributed by atoms with Gasteiger partial charge < -0.3 is 5.32 Å². The summed E-state index contributed by atoms with van der Waals surface area (Å²) in [5, 5.41) is 4.78. The summed E-state index contributed by atoms with van der Waals surface area (Å²) in [6, 6.07) is 1.73. The van der Waals surface area contributed by atoms with E-state index in [1.165, 1.54) is 50.7 Å². The van der Waals surface area contributed by atoms with Crippen LogP contribution < -0.4 is 5.32 Å². The molecule has 0 saturated heterocycles. The van der Waals surface area contributed by atoms with Gasteiger partial charge >= 0.3 is 0 Å². The minimum Gasteiger partial charge on any atom is -0.311 e. The summed E-state index contributed by atoms with van der Waals surface area (Å²) in [5.74, 6) is 1.29. The minimum atomic E-state index is 0.845. The topological polar surface area (TPSA) is 12.0 Å². The Morgan fingerprint density at radius 3 is 2.43 bits per heavy atom. The van der Waals surface area contributed by atoms with Crippen molar-refractivity contribution >= 4 is 11.8 Å². The van der Waals surface area contributed by atoms with Gasteiger partial charge in [-0.05, 0) is 37.9 Å². The van der Waals surface area contributed by atoms with E-state index in [0.717, 1.165) is 17.3 Å². The highest BCUT2D eigenvalue weighted by molar-refractivity contribution is 7.99. The highest BCUT2D eigenvalue weighted by Gasteiger charge is 2.25. The Kier molecular flexibility index (Phi) is 4.18. The molecule has 0 amide bonds. The molecule has 0 spiro atoms. The first-order valence-corrected chi connectivity index (χ1v) is 7.31. The molecular formula is C12H23NS. The Morgan fingerprint density at radius 2 is 1.79 bits per heavy atom. The molecule has 2 rings (SSSR count). The Labute approximate surface area is 92.4 Å². The molecule has 0 aliphatic heterocycles. The number of hydrogen-bond donors (Lipinski definition) is 1. The molecule has 0 aromatic rings. The summed E-state index contributed by atoms with van der Waals surface area (Å²) in [7, 11) is 0. The second-order valence-corrected chi connectivity index (χ2v) is 6.31. The number of thioether (sulfide) groups is 1. The third kappa shape index (κ3) is 2.90. The van der Waals surface area contributed by atoms with Crippen LogP contribution in [-0.2, 0) is 0 Å². The van der Waals surface area contributed by atoms with Gasteiger partial charge in [-0.2, -0.15) is 11.8 Å². The van der Waals surface area contributed by atoms with Gasteiger partial charge in [-0.15, -0.1) is 0 Å². The van der Waals surface area contributed by atoms with Gasteiger partial charge in [0.2, 0.25) is 0 Å². The molecule has 1 N–H and O–H groups in total. The van der Waals surface area contributed by atoms with Crippen molar-refractivity contribution in [3.05, 3.63) is 0 Å². The summed E-state index contributed by atoms with van der Waals surface area (Å²) in [6.45, 7) is 2.29. The Hall–Kier alpha value is 0.310. The Morgan fingerprint density at radius 1 is 1.07 bits per heavy atom. The van der Waals surface area contributed by atoms with Crippen molar-refractivity contribution in [3.63, 3.8) is 0 Å². The first-order chi connectivity index (χ1) is 6.88. The lowest BCUT2D eigenvalue weighted by Gasteiger charge is -2.35. The molecule has 2 heteroatoms. The SMILES string of the molecule is CCSC1CCCC(NC2CCC2)C1. The lowest BCUT2D eigenvalue weighted by molar-refractivity contribution is 0.269. The molecular weight excluding hydrogens is 190 g/mol.